The number of aromatic nitrogens is 2. The number of aryl methyl sites for hydroxylation is 1. The van der Waals surface area contributed by atoms with Gasteiger partial charge < -0.3 is 10.2 Å². The summed E-state index contributed by atoms with van der Waals surface area (Å²) >= 11 is 0. The van der Waals surface area contributed by atoms with Gasteiger partial charge in [0, 0.05) is 26.3 Å². The Morgan fingerprint density at radius 2 is 1.56 bits per heavy atom. The van der Waals surface area contributed by atoms with E-state index in [9.17, 15) is 0 Å². The van der Waals surface area contributed by atoms with Crippen molar-refractivity contribution in [1.29, 1.82) is 0 Å². The van der Waals surface area contributed by atoms with E-state index in [1.54, 1.807) is 0 Å². The van der Waals surface area contributed by atoms with E-state index in [-0.39, 0.29) is 0 Å². The second kappa shape index (κ2) is 8.83. The highest BCUT2D eigenvalue weighted by atomic mass is 15.2. The van der Waals surface area contributed by atoms with Crippen LogP contribution in [0.2, 0.25) is 0 Å². The van der Waals surface area contributed by atoms with Gasteiger partial charge in [-0.05, 0) is 30.0 Å². The van der Waals surface area contributed by atoms with Crippen LogP contribution in [0.15, 0.2) is 72.9 Å². The van der Waals surface area contributed by atoms with E-state index >= 15 is 0 Å². The Hall–Kier alpha value is -2.88. The average molecular weight is 332 g/mol. The Morgan fingerprint density at radius 3 is 2.28 bits per heavy atom. The van der Waals surface area contributed by atoms with Crippen molar-refractivity contribution in [3.8, 4) is 0 Å². The van der Waals surface area contributed by atoms with E-state index in [2.05, 4.69) is 75.8 Å². The van der Waals surface area contributed by atoms with Gasteiger partial charge in [0.15, 0.2) is 0 Å². The second-order valence-electron chi connectivity index (χ2n) is 6.10. The Balaban J connectivity index is 1.50. The molecule has 1 heterocycles. The first kappa shape index (κ1) is 17.0. The first-order valence-electron chi connectivity index (χ1n) is 8.67. The van der Waals surface area contributed by atoms with Crippen LogP contribution in [0, 0.1) is 0 Å². The first-order chi connectivity index (χ1) is 12.3. The predicted molar refractivity (Wildman–Crippen MR) is 104 cm³/mol. The predicted octanol–water partition coefficient (Wildman–Crippen LogP) is 4.16. The van der Waals surface area contributed by atoms with Crippen molar-refractivity contribution < 1.29 is 0 Å². The fourth-order valence-electron chi connectivity index (χ4n) is 2.72. The molecule has 4 nitrogen and oxygen atoms in total. The number of anilines is 2. The van der Waals surface area contributed by atoms with Gasteiger partial charge >= 0.3 is 0 Å². The SMILES string of the molecule is CN(Cc1ccccc1)c1ccnc(NCCCc2ccccc2)n1. The molecule has 0 bridgehead atoms. The number of benzene rings is 2. The van der Waals surface area contributed by atoms with Crippen LogP contribution in [0.4, 0.5) is 11.8 Å². The van der Waals surface area contributed by atoms with Crippen molar-refractivity contribution in [2.24, 2.45) is 0 Å². The smallest absolute Gasteiger partial charge is 0.224 e. The molecule has 0 saturated carbocycles. The monoisotopic (exact) mass is 332 g/mol. The summed E-state index contributed by atoms with van der Waals surface area (Å²) in [6.45, 7) is 1.69. The maximum absolute atomic E-state index is 4.62. The topological polar surface area (TPSA) is 41.1 Å². The summed E-state index contributed by atoms with van der Waals surface area (Å²) < 4.78 is 0. The Morgan fingerprint density at radius 1 is 0.880 bits per heavy atom. The third-order valence-corrected chi connectivity index (χ3v) is 4.06. The van der Waals surface area contributed by atoms with Crippen LogP contribution in [-0.4, -0.2) is 23.6 Å². The molecule has 0 aliphatic rings. The molecule has 0 atom stereocenters. The van der Waals surface area contributed by atoms with Gasteiger partial charge in [-0.2, -0.15) is 4.98 Å². The lowest BCUT2D eigenvalue weighted by atomic mass is 10.1. The zero-order valence-electron chi connectivity index (χ0n) is 14.6. The number of hydrogen-bond donors (Lipinski definition) is 1. The number of hydrogen-bond acceptors (Lipinski definition) is 4. The summed E-state index contributed by atoms with van der Waals surface area (Å²) in [6.07, 6.45) is 3.92. The lowest BCUT2D eigenvalue weighted by Crippen LogP contribution is -2.18. The second-order valence-corrected chi connectivity index (χ2v) is 6.10. The van der Waals surface area contributed by atoms with Crippen LogP contribution in [0.1, 0.15) is 17.5 Å². The van der Waals surface area contributed by atoms with Crippen LogP contribution in [0.3, 0.4) is 0 Å². The molecule has 1 aromatic heterocycles. The molecule has 128 valence electrons. The average Bonchev–Trinajstić information content (AvgIpc) is 2.67. The summed E-state index contributed by atoms with van der Waals surface area (Å²) in [5, 5.41) is 3.33. The van der Waals surface area contributed by atoms with Crippen LogP contribution in [-0.2, 0) is 13.0 Å². The minimum atomic E-state index is 0.686. The Kier molecular flexibility index (Phi) is 5.99. The van der Waals surface area contributed by atoms with Crippen LogP contribution >= 0.6 is 0 Å². The molecule has 0 radical (unpaired) electrons. The molecule has 3 rings (SSSR count). The zero-order valence-corrected chi connectivity index (χ0v) is 14.6. The highest BCUT2D eigenvalue weighted by Gasteiger charge is 2.05. The molecule has 0 spiro atoms. The van der Waals surface area contributed by atoms with Gasteiger partial charge in [0.2, 0.25) is 5.95 Å². The molecule has 3 aromatic rings. The van der Waals surface area contributed by atoms with E-state index in [0.717, 1.165) is 31.7 Å². The van der Waals surface area contributed by atoms with Gasteiger partial charge in [-0.3, -0.25) is 0 Å². The number of rotatable bonds is 8. The van der Waals surface area contributed by atoms with Crippen molar-refractivity contribution in [2.75, 3.05) is 23.8 Å². The Labute approximate surface area is 149 Å². The molecule has 1 N–H and O–H groups in total. The molecule has 0 amide bonds. The standard InChI is InChI=1S/C21H24N4/c1-25(17-19-11-6-3-7-12-19)20-14-16-23-21(24-20)22-15-8-13-18-9-4-2-5-10-18/h2-7,9-12,14,16H,8,13,15,17H2,1H3,(H,22,23,24). The van der Waals surface area contributed by atoms with Crippen molar-refractivity contribution in [3.05, 3.63) is 84.1 Å². The molecule has 2 aromatic carbocycles. The van der Waals surface area contributed by atoms with Gasteiger partial charge in [0.05, 0.1) is 0 Å². The maximum atomic E-state index is 4.62. The van der Waals surface area contributed by atoms with Crippen LogP contribution in [0.5, 0.6) is 0 Å². The van der Waals surface area contributed by atoms with E-state index in [1.165, 1.54) is 11.1 Å². The normalized spacial score (nSPS) is 10.4. The largest absolute Gasteiger partial charge is 0.355 e. The van der Waals surface area contributed by atoms with E-state index < -0.39 is 0 Å². The van der Waals surface area contributed by atoms with Crippen molar-refractivity contribution in [2.45, 2.75) is 19.4 Å². The summed E-state index contributed by atoms with van der Waals surface area (Å²) in [5.41, 5.74) is 2.63. The van der Waals surface area contributed by atoms with E-state index in [0.29, 0.717) is 5.95 Å². The van der Waals surface area contributed by atoms with Gasteiger partial charge in [-0.1, -0.05) is 60.7 Å². The third-order valence-electron chi connectivity index (χ3n) is 4.06. The Bertz CT molecular complexity index is 759. The summed E-state index contributed by atoms with van der Waals surface area (Å²) in [5.74, 6) is 1.61. The molecule has 0 aliphatic heterocycles. The van der Waals surface area contributed by atoms with E-state index in [4.69, 9.17) is 0 Å². The highest BCUT2D eigenvalue weighted by Crippen LogP contribution is 2.14. The molecule has 0 unspecified atom stereocenters. The van der Waals surface area contributed by atoms with E-state index in [1.807, 2.05) is 24.4 Å². The molecular weight excluding hydrogens is 308 g/mol. The minimum absolute atomic E-state index is 0.686. The molecule has 25 heavy (non-hydrogen) atoms. The third kappa shape index (κ3) is 5.31. The maximum Gasteiger partial charge on any atom is 0.224 e. The summed E-state index contributed by atoms with van der Waals surface area (Å²) in [4.78, 5) is 11.1. The highest BCUT2D eigenvalue weighted by molar-refractivity contribution is 5.42. The quantitative estimate of drug-likeness (QED) is 0.629. The number of nitrogens with zero attached hydrogens (tertiary/aromatic N) is 3. The molecule has 0 saturated heterocycles. The van der Waals surface area contributed by atoms with Crippen molar-refractivity contribution >= 4 is 11.8 Å². The summed E-state index contributed by atoms with van der Waals surface area (Å²) in [7, 11) is 2.05. The van der Waals surface area contributed by atoms with Crippen molar-refractivity contribution in [1.82, 2.24) is 9.97 Å². The lowest BCUT2D eigenvalue weighted by Gasteiger charge is -2.18. The number of nitrogens with one attached hydrogen (secondary N) is 1. The summed E-state index contributed by atoms with van der Waals surface area (Å²) in [6, 6.07) is 22.9. The fourth-order valence-corrected chi connectivity index (χ4v) is 2.72. The molecular formula is C21H24N4. The van der Waals surface area contributed by atoms with Crippen LogP contribution in [0.25, 0.3) is 0 Å². The first-order valence-corrected chi connectivity index (χ1v) is 8.67. The van der Waals surface area contributed by atoms with Crippen molar-refractivity contribution in [3.63, 3.8) is 0 Å². The van der Waals surface area contributed by atoms with Gasteiger partial charge in [-0.25, -0.2) is 4.98 Å². The zero-order chi connectivity index (χ0) is 17.3. The lowest BCUT2D eigenvalue weighted by molar-refractivity contribution is 0.846. The minimum Gasteiger partial charge on any atom is -0.355 e. The molecule has 4 heteroatoms. The molecule has 0 fully saturated rings. The van der Waals surface area contributed by atoms with Gasteiger partial charge in [0.1, 0.15) is 5.82 Å². The fraction of sp³-hybridized carbons (Fsp3) is 0.238. The molecule has 0 aliphatic carbocycles. The van der Waals surface area contributed by atoms with Gasteiger partial charge in [0.25, 0.3) is 0 Å². The van der Waals surface area contributed by atoms with Gasteiger partial charge in [-0.15, -0.1) is 0 Å². The van der Waals surface area contributed by atoms with Crippen LogP contribution < -0.4 is 10.2 Å².